The Hall–Kier alpha value is -2.79. The van der Waals surface area contributed by atoms with Gasteiger partial charge in [0.05, 0.1) is 14.2 Å². The van der Waals surface area contributed by atoms with Gasteiger partial charge in [-0.25, -0.2) is 4.79 Å². The van der Waals surface area contributed by atoms with E-state index in [1.807, 2.05) is 31.2 Å². The number of methoxy groups -OCH3 is 2. The van der Waals surface area contributed by atoms with Crippen LogP contribution in [-0.4, -0.2) is 25.7 Å². The second-order valence-corrected chi connectivity index (χ2v) is 7.33. The van der Waals surface area contributed by atoms with Crippen molar-refractivity contribution in [3.8, 4) is 11.5 Å². The number of aryl methyl sites for hydroxylation is 1. The molecule has 0 unspecified atom stereocenters. The van der Waals surface area contributed by atoms with Gasteiger partial charge in [-0.1, -0.05) is 18.2 Å². The van der Waals surface area contributed by atoms with E-state index in [0.717, 1.165) is 53.0 Å². The van der Waals surface area contributed by atoms with Crippen LogP contribution in [0.4, 0.5) is 0 Å². The number of benzene rings is 2. The van der Waals surface area contributed by atoms with E-state index in [4.69, 9.17) is 13.9 Å². The molecule has 146 valence electrons. The molecule has 1 atom stereocenters. The van der Waals surface area contributed by atoms with Crippen LogP contribution in [0.15, 0.2) is 51.7 Å². The fourth-order valence-electron chi connectivity index (χ4n) is 4.15. The lowest BCUT2D eigenvalue weighted by Gasteiger charge is -2.26. The van der Waals surface area contributed by atoms with Gasteiger partial charge in [-0.3, -0.25) is 4.90 Å². The van der Waals surface area contributed by atoms with Crippen LogP contribution in [0.2, 0.25) is 0 Å². The van der Waals surface area contributed by atoms with Gasteiger partial charge in [0, 0.05) is 35.7 Å². The standard InChI is InChI=1S/C23H25NO4/c1-15-6-8-18-16(12-23(25)28-22(18)11-15)14-24-10-4-5-20(24)19-9-7-17(26-2)13-21(19)27-3/h6-9,11-13,20H,4-5,10,14H2,1-3H3/t20-/m0/s1. The number of likely N-dealkylation sites (tertiary alicyclic amines) is 1. The van der Waals surface area contributed by atoms with Gasteiger partial charge in [0.25, 0.3) is 0 Å². The molecule has 0 aliphatic carbocycles. The van der Waals surface area contributed by atoms with Gasteiger partial charge >= 0.3 is 5.63 Å². The van der Waals surface area contributed by atoms with Crippen LogP contribution >= 0.6 is 0 Å². The molecule has 5 heteroatoms. The summed E-state index contributed by atoms with van der Waals surface area (Å²) >= 11 is 0. The van der Waals surface area contributed by atoms with E-state index < -0.39 is 0 Å². The van der Waals surface area contributed by atoms with Crippen molar-refractivity contribution < 1.29 is 13.9 Å². The molecule has 28 heavy (non-hydrogen) atoms. The maximum absolute atomic E-state index is 12.1. The second-order valence-electron chi connectivity index (χ2n) is 7.33. The molecule has 5 nitrogen and oxygen atoms in total. The van der Waals surface area contributed by atoms with Crippen LogP contribution in [0, 0.1) is 6.92 Å². The molecular weight excluding hydrogens is 354 g/mol. The molecule has 0 bridgehead atoms. The Bertz CT molecular complexity index is 1060. The third-order valence-electron chi connectivity index (χ3n) is 5.52. The van der Waals surface area contributed by atoms with Crippen molar-refractivity contribution in [2.75, 3.05) is 20.8 Å². The number of hydrogen-bond donors (Lipinski definition) is 0. The Balaban J connectivity index is 1.69. The number of rotatable bonds is 5. The molecule has 3 aromatic rings. The minimum atomic E-state index is -0.300. The summed E-state index contributed by atoms with van der Waals surface area (Å²) in [4.78, 5) is 14.5. The Labute approximate surface area is 164 Å². The zero-order valence-corrected chi connectivity index (χ0v) is 16.5. The first-order chi connectivity index (χ1) is 13.6. The summed E-state index contributed by atoms with van der Waals surface area (Å²) < 4.78 is 16.4. The first-order valence-electron chi connectivity index (χ1n) is 9.58. The van der Waals surface area contributed by atoms with Crippen molar-refractivity contribution in [1.82, 2.24) is 4.90 Å². The van der Waals surface area contributed by atoms with Gasteiger partial charge in [0.15, 0.2) is 0 Å². The summed E-state index contributed by atoms with van der Waals surface area (Å²) in [5.74, 6) is 1.62. The maximum Gasteiger partial charge on any atom is 0.336 e. The van der Waals surface area contributed by atoms with Crippen LogP contribution in [-0.2, 0) is 6.54 Å². The summed E-state index contributed by atoms with van der Waals surface area (Å²) in [7, 11) is 3.35. The van der Waals surface area contributed by atoms with Crippen molar-refractivity contribution in [3.05, 3.63) is 69.6 Å². The summed E-state index contributed by atoms with van der Waals surface area (Å²) in [6.45, 7) is 3.68. The predicted octanol–water partition coefficient (Wildman–Crippen LogP) is 4.46. The highest BCUT2D eigenvalue weighted by Gasteiger charge is 2.29. The van der Waals surface area contributed by atoms with Crippen LogP contribution in [0.3, 0.4) is 0 Å². The van der Waals surface area contributed by atoms with Crippen LogP contribution in [0.5, 0.6) is 11.5 Å². The van der Waals surface area contributed by atoms with Crippen LogP contribution < -0.4 is 15.1 Å². The largest absolute Gasteiger partial charge is 0.497 e. The van der Waals surface area contributed by atoms with Crippen molar-refractivity contribution in [2.24, 2.45) is 0 Å². The average Bonchev–Trinajstić information content (AvgIpc) is 3.14. The van der Waals surface area contributed by atoms with Crippen LogP contribution in [0.1, 0.15) is 35.6 Å². The Morgan fingerprint density at radius 2 is 1.96 bits per heavy atom. The Morgan fingerprint density at radius 1 is 1.11 bits per heavy atom. The molecule has 1 aliphatic rings. The van der Waals surface area contributed by atoms with E-state index >= 15 is 0 Å². The first-order valence-corrected chi connectivity index (χ1v) is 9.58. The molecule has 1 aliphatic heterocycles. The minimum absolute atomic E-state index is 0.244. The highest BCUT2D eigenvalue weighted by Crippen LogP contribution is 2.39. The zero-order valence-electron chi connectivity index (χ0n) is 16.5. The van der Waals surface area contributed by atoms with Crippen LogP contribution in [0.25, 0.3) is 11.0 Å². The topological polar surface area (TPSA) is 51.9 Å². The van der Waals surface area contributed by atoms with Gasteiger partial charge in [-0.2, -0.15) is 0 Å². The number of fused-ring (bicyclic) bond motifs is 1. The monoisotopic (exact) mass is 379 g/mol. The van der Waals surface area contributed by atoms with Gasteiger partial charge in [0.2, 0.25) is 0 Å². The SMILES string of the molecule is COc1ccc([C@@H]2CCCN2Cc2cc(=O)oc3cc(C)ccc23)c(OC)c1. The molecule has 4 rings (SSSR count). The molecular formula is C23H25NO4. The normalized spacial score (nSPS) is 17.2. The first kappa shape index (κ1) is 18.6. The summed E-state index contributed by atoms with van der Waals surface area (Å²) in [5, 5.41) is 0.998. The average molecular weight is 379 g/mol. The van der Waals surface area contributed by atoms with E-state index in [9.17, 15) is 4.79 Å². The van der Waals surface area contributed by atoms with Crippen molar-refractivity contribution in [1.29, 1.82) is 0 Å². The number of nitrogens with zero attached hydrogens (tertiary/aromatic N) is 1. The lowest BCUT2D eigenvalue weighted by Crippen LogP contribution is -2.24. The highest BCUT2D eigenvalue weighted by atomic mass is 16.5. The maximum atomic E-state index is 12.1. The van der Waals surface area contributed by atoms with Gasteiger partial charge < -0.3 is 13.9 Å². The third-order valence-corrected chi connectivity index (χ3v) is 5.52. The molecule has 0 saturated carbocycles. The minimum Gasteiger partial charge on any atom is -0.497 e. The lowest BCUT2D eigenvalue weighted by molar-refractivity contribution is 0.243. The van der Waals surface area contributed by atoms with E-state index in [1.165, 1.54) is 0 Å². The molecule has 1 aromatic heterocycles. The van der Waals surface area contributed by atoms with Crippen molar-refractivity contribution in [2.45, 2.75) is 32.4 Å². The molecule has 2 aromatic carbocycles. The van der Waals surface area contributed by atoms with E-state index in [1.54, 1.807) is 20.3 Å². The fraction of sp³-hybridized carbons (Fsp3) is 0.348. The van der Waals surface area contributed by atoms with E-state index in [2.05, 4.69) is 17.0 Å². The molecule has 1 saturated heterocycles. The second kappa shape index (κ2) is 7.68. The smallest absolute Gasteiger partial charge is 0.336 e. The Morgan fingerprint density at radius 3 is 2.75 bits per heavy atom. The fourth-order valence-corrected chi connectivity index (χ4v) is 4.15. The predicted molar refractivity (Wildman–Crippen MR) is 109 cm³/mol. The number of hydrogen-bond acceptors (Lipinski definition) is 5. The molecule has 1 fully saturated rings. The molecule has 0 spiro atoms. The molecule has 0 radical (unpaired) electrons. The van der Waals surface area contributed by atoms with E-state index in [-0.39, 0.29) is 11.7 Å². The van der Waals surface area contributed by atoms with Gasteiger partial charge in [-0.05, 0) is 49.6 Å². The summed E-state index contributed by atoms with van der Waals surface area (Å²) in [6, 6.07) is 13.9. The number of ether oxygens (including phenoxy) is 2. The molecule has 2 heterocycles. The zero-order chi connectivity index (χ0) is 19.7. The van der Waals surface area contributed by atoms with Crippen molar-refractivity contribution in [3.63, 3.8) is 0 Å². The highest BCUT2D eigenvalue weighted by molar-refractivity contribution is 5.80. The molecule has 0 amide bonds. The lowest BCUT2D eigenvalue weighted by atomic mass is 10.0. The Kier molecular flexibility index (Phi) is 5.09. The quantitative estimate of drug-likeness (QED) is 0.613. The molecule has 0 N–H and O–H groups in total. The third kappa shape index (κ3) is 3.50. The summed E-state index contributed by atoms with van der Waals surface area (Å²) in [5.41, 5.74) is 3.59. The van der Waals surface area contributed by atoms with Gasteiger partial charge in [0.1, 0.15) is 17.1 Å². The van der Waals surface area contributed by atoms with Crippen molar-refractivity contribution >= 4 is 11.0 Å². The van der Waals surface area contributed by atoms with Gasteiger partial charge in [-0.15, -0.1) is 0 Å². The van der Waals surface area contributed by atoms with E-state index in [0.29, 0.717) is 12.1 Å². The summed E-state index contributed by atoms with van der Waals surface area (Å²) in [6.07, 6.45) is 2.17.